The molecule has 0 bridgehead atoms. The molecule has 2 aromatic rings. The van der Waals surface area contributed by atoms with E-state index in [0.717, 1.165) is 5.56 Å². The summed E-state index contributed by atoms with van der Waals surface area (Å²) in [5.41, 5.74) is 1.25. The minimum atomic E-state index is -3.63. The first-order valence-corrected chi connectivity index (χ1v) is 10.9. The van der Waals surface area contributed by atoms with Crippen LogP contribution in [0.4, 0.5) is 0 Å². The number of benzene rings is 2. The van der Waals surface area contributed by atoms with Crippen molar-refractivity contribution in [2.24, 2.45) is 0 Å². The number of para-hydroxylation sites is 1. The molecule has 1 N–H and O–H groups in total. The van der Waals surface area contributed by atoms with Gasteiger partial charge in [-0.1, -0.05) is 18.2 Å². The zero-order valence-corrected chi connectivity index (χ0v) is 17.6. The van der Waals surface area contributed by atoms with Gasteiger partial charge in [0.05, 0.1) is 24.2 Å². The summed E-state index contributed by atoms with van der Waals surface area (Å²) < 4.78 is 38.1. The molecule has 1 aliphatic rings. The summed E-state index contributed by atoms with van der Waals surface area (Å²) in [7, 11) is -2.05. The van der Waals surface area contributed by atoms with Gasteiger partial charge < -0.3 is 14.8 Å². The van der Waals surface area contributed by atoms with Gasteiger partial charge in [0.25, 0.3) is 5.91 Å². The molecule has 7 nitrogen and oxygen atoms in total. The van der Waals surface area contributed by atoms with Crippen LogP contribution in [0.5, 0.6) is 5.75 Å². The molecule has 0 unspecified atom stereocenters. The Hall–Kier alpha value is -2.42. The van der Waals surface area contributed by atoms with Crippen LogP contribution >= 0.6 is 0 Å². The Bertz CT molecular complexity index is 949. The van der Waals surface area contributed by atoms with Gasteiger partial charge in [0.15, 0.2) is 0 Å². The van der Waals surface area contributed by atoms with Gasteiger partial charge in [0.1, 0.15) is 5.75 Å². The van der Waals surface area contributed by atoms with E-state index in [0.29, 0.717) is 30.9 Å². The first-order valence-electron chi connectivity index (χ1n) is 9.47. The van der Waals surface area contributed by atoms with Gasteiger partial charge in [-0.05, 0) is 44.2 Å². The fourth-order valence-corrected chi connectivity index (χ4v) is 4.97. The number of carbonyl (C=O) groups is 1. The summed E-state index contributed by atoms with van der Waals surface area (Å²) in [6, 6.07) is 13.4. The van der Waals surface area contributed by atoms with E-state index < -0.39 is 10.0 Å². The molecule has 0 saturated carbocycles. The summed E-state index contributed by atoms with van der Waals surface area (Å²) in [6.45, 7) is 4.65. The molecule has 0 aliphatic carbocycles. The van der Waals surface area contributed by atoms with Crippen molar-refractivity contribution in [2.45, 2.75) is 37.5 Å². The molecule has 0 spiro atoms. The lowest BCUT2D eigenvalue weighted by atomic mass is 10.2. The Morgan fingerprint density at radius 3 is 2.34 bits per heavy atom. The molecule has 8 heteroatoms. The molecule has 3 rings (SSSR count). The number of carbonyl (C=O) groups excluding carboxylic acids is 1. The van der Waals surface area contributed by atoms with Crippen LogP contribution < -0.4 is 10.1 Å². The third kappa shape index (κ3) is 4.95. The van der Waals surface area contributed by atoms with Crippen molar-refractivity contribution in [3.05, 3.63) is 59.7 Å². The largest absolute Gasteiger partial charge is 0.496 e. The number of methoxy groups -OCH3 is 1. The van der Waals surface area contributed by atoms with Crippen molar-refractivity contribution in [3.63, 3.8) is 0 Å². The van der Waals surface area contributed by atoms with Crippen molar-refractivity contribution in [1.82, 2.24) is 9.62 Å². The first-order chi connectivity index (χ1) is 13.8. The number of amides is 1. The van der Waals surface area contributed by atoms with Gasteiger partial charge in [-0.25, -0.2) is 8.42 Å². The zero-order chi connectivity index (χ0) is 21.0. The van der Waals surface area contributed by atoms with Crippen LogP contribution in [0.25, 0.3) is 0 Å². The standard InChI is InChI=1S/C21H26N2O5S/c1-15-13-23(14-16(2)28-15)29(25,26)19-10-8-17(9-11-19)21(24)22-12-18-6-4-5-7-20(18)27-3/h4-11,15-16H,12-14H2,1-3H3,(H,22,24)/t15-,16+. The molecule has 2 atom stereocenters. The maximum Gasteiger partial charge on any atom is 0.251 e. The van der Waals surface area contributed by atoms with E-state index in [9.17, 15) is 13.2 Å². The molecule has 1 aliphatic heterocycles. The Balaban J connectivity index is 1.68. The third-order valence-electron chi connectivity index (χ3n) is 4.77. The number of ether oxygens (including phenoxy) is 2. The molecule has 156 valence electrons. The van der Waals surface area contributed by atoms with Gasteiger partial charge in [0, 0.05) is 30.8 Å². The van der Waals surface area contributed by atoms with Crippen LogP contribution in [0, 0.1) is 0 Å². The van der Waals surface area contributed by atoms with Crippen LogP contribution in [0.3, 0.4) is 0 Å². The van der Waals surface area contributed by atoms with E-state index in [2.05, 4.69) is 5.32 Å². The van der Waals surface area contributed by atoms with Gasteiger partial charge in [-0.3, -0.25) is 4.79 Å². The zero-order valence-electron chi connectivity index (χ0n) is 16.8. The molecular formula is C21H26N2O5S. The molecule has 1 saturated heterocycles. The van der Waals surface area contributed by atoms with Gasteiger partial charge in [0.2, 0.25) is 10.0 Å². The maximum absolute atomic E-state index is 12.9. The second-order valence-corrected chi connectivity index (χ2v) is 9.04. The summed E-state index contributed by atoms with van der Waals surface area (Å²) in [4.78, 5) is 12.6. The van der Waals surface area contributed by atoms with Crippen molar-refractivity contribution in [1.29, 1.82) is 0 Å². The third-order valence-corrected chi connectivity index (χ3v) is 6.62. The second-order valence-electron chi connectivity index (χ2n) is 7.10. The molecule has 0 radical (unpaired) electrons. The fourth-order valence-electron chi connectivity index (χ4n) is 3.38. The summed E-state index contributed by atoms with van der Waals surface area (Å²) in [5, 5.41) is 2.83. The van der Waals surface area contributed by atoms with Crippen molar-refractivity contribution < 1.29 is 22.7 Å². The first kappa shape index (κ1) is 21.3. The lowest BCUT2D eigenvalue weighted by Gasteiger charge is -2.34. The Morgan fingerprint density at radius 2 is 1.72 bits per heavy atom. The Labute approximate surface area is 171 Å². The monoisotopic (exact) mass is 418 g/mol. The van der Waals surface area contributed by atoms with E-state index in [-0.39, 0.29) is 23.0 Å². The van der Waals surface area contributed by atoms with Gasteiger partial charge >= 0.3 is 0 Å². The molecular weight excluding hydrogens is 392 g/mol. The number of sulfonamides is 1. The molecule has 1 heterocycles. The molecule has 0 aromatic heterocycles. The quantitative estimate of drug-likeness (QED) is 0.779. The summed E-state index contributed by atoms with van der Waals surface area (Å²) in [6.07, 6.45) is -0.317. The highest BCUT2D eigenvalue weighted by molar-refractivity contribution is 7.89. The summed E-state index contributed by atoms with van der Waals surface area (Å²) in [5.74, 6) is 0.414. The van der Waals surface area contributed by atoms with E-state index >= 15 is 0 Å². The van der Waals surface area contributed by atoms with Crippen LogP contribution in [-0.4, -0.2) is 51.0 Å². The number of hydrogen-bond donors (Lipinski definition) is 1. The van der Waals surface area contributed by atoms with Crippen LogP contribution in [-0.2, 0) is 21.3 Å². The average Bonchev–Trinajstić information content (AvgIpc) is 2.71. The molecule has 2 aromatic carbocycles. The maximum atomic E-state index is 12.9. The predicted octanol–water partition coefficient (Wildman–Crippen LogP) is 2.42. The summed E-state index contributed by atoms with van der Waals surface area (Å²) >= 11 is 0. The number of morpholine rings is 1. The SMILES string of the molecule is COc1ccccc1CNC(=O)c1ccc(S(=O)(=O)N2C[C@@H](C)O[C@@H](C)C2)cc1. The predicted molar refractivity (Wildman–Crippen MR) is 109 cm³/mol. The van der Waals surface area contributed by atoms with Crippen LogP contribution in [0.15, 0.2) is 53.4 Å². The molecule has 29 heavy (non-hydrogen) atoms. The number of nitrogens with one attached hydrogen (secondary N) is 1. The minimum absolute atomic E-state index is 0.159. The number of hydrogen-bond acceptors (Lipinski definition) is 5. The fraction of sp³-hybridized carbons (Fsp3) is 0.381. The second kappa shape index (κ2) is 8.94. The topological polar surface area (TPSA) is 84.9 Å². The van der Waals surface area contributed by atoms with Gasteiger partial charge in [-0.15, -0.1) is 0 Å². The Morgan fingerprint density at radius 1 is 1.10 bits per heavy atom. The highest BCUT2D eigenvalue weighted by Gasteiger charge is 2.32. The Kier molecular flexibility index (Phi) is 6.56. The number of nitrogens with zero attached hydrogens (tertiary/aromatic N) is 1. The van der Waals surface area contributed by atoms with Crippen LogP contribution in [0.1, 0.15) is 29.8 Å². The highest BCUT2D eigenvalue weighted by Crippen LogP contribution is 2.22. The van der Waals surface area contributed by atoms with Crippen LogP contribution in [0.2, 0.25) is 0 Å². The molecule has 1 amide bonds. The van der Waals surface area contributed by atoms with E-state index in [1.54, 1.807) is 7.11 Å². The van der Waals surface area contributed by atoms with Crippen molar-refractivity contribution in [2.75, 3.05) is 20.2 Å². The smallest absolute Gasteiger partial charge is 0.251 e. The van der Waals surface area contributed by atoms with Crippen molar-refractivity contribution >= 4 is 15.9 Å². The minimum Gasteiger partial charge on any atom is -0.496 e. The number of rotatable bonds is 6. The van der Waals surface area contributed by atoms with E-state index in [1.807, 2.05) is 38.1 Å². The van der Waals surface area contributed by atoms with E-state index in [1.165, 1.54) is 28.6 Å². The average molecular weight is 419 g/mol. The lowest BCUT2D eigenvalue weighted by Crippen LogP contribution is -2.48. The van der Waals surface area contributed by atoms with Crippen molar-refractivity contribution in [3.8, 4) is 5.75 Å². The normalized spacial score (nSPS) is 20.2. The van der Waals surface area contributed by atoms with Gasteiger partial charge in [-0.2, -0.15) is 4.31 Å². The highest BCUT2D eigenvalue weighted by atomic mass is 32.2. The lowest BCUT2D eigenvalue weighted by molar-refractivity contribution is -0.0440. The van der Waals surface area contributed by atoms with E-state index in [4.69, 9.17) is 9.47 Å². The molecule has 1 fully saturated rings.